The third kappa shape index (κ3) is 4.63. The van der Waals surface area contributed by atoms with Crippen LogP contribution in [0.5, 0.6) is 0 Å². The molecule has 110 valence electrons. The third-order valence-electron chi connectivity index (χ3n) is 3.31. The first kappa shape index (κ1) is 15.1. The zero-order valence-electron chi connectivity index (χ0n) is 12.8. The van der Waals surface area contributed by atoms with Crippen LogP contribution in [0.1, 0.15) is 23.1 Å². The van der Waals surface area contributed by atoms with Gasteiger partial charge in [-0.3, -0.25) is 4.79 Å². The molecule has 0 saturated carbocycles. The van der Waals surface area contributed by atoms with E-state index in [-0.39, 0.29) is 5.97 Å². The first-order valence-corrected chi connectivity index (χ1v) is 7.08. The van der Waals surface area contributed by atoms with Crippen molar-refractivity contribution in [2.75, 3.05) is 12.4 Å². The molecule has 2 aromatic carbocycles. The van der Waals surface area contributed by atoms with E-state index < -0.39 is 0 Å². The van der Waals surface area contributed by atoms with Crippen molar-refractivity contribution in [3.63, 3.8) is 0 Å². The van der Waals surface area contributed by atoms with Crippen molar-refractivity contribution >= 4 is 17.3 Å². The first-order chi connectivity index (χ1) is 10.1. The minimum absolute atomic E-state index is 0.174. The van der Waals surface area contributed by atoms with Gasteiger partial charge in [-0.1, -0.05) is 18.2 Å². The predicted octanol–water partition coefficient (Wildman–Crippen LogP) is 4.15. The Balaban J connectivity index is 2.00. The van der Waals surface area contributed by atoms with Crippen molar-refractivity contribution in [3.05, 3.63) is 59.2 Å². The summed E-state index contributed by atoms with van der Waals surface area (Å²) in [4.78, 5) is 11.1. The van der Waals surface area contributed by atoms with E-state index in [9.17, 15) is 4.79 Å². The van der Waals surface area contributed by atoms with Crippen LogP contribution in [0.25, 0.3) is 0 Å². The third-order valence-corrected chi connectivity index (χ3v) is 3.31. The Morgan fingerprint density at radius 1 is 1.00 bits per heavy atom. The fraction of sp³-hybridized carbons (Fsp3) is 0.278. The number of hydrogen-bond donors (Lipinski definition) is 1. The van der Waals surface area contributed by atoms with E-state index in [2.05, 4.69) is 42.1 Å². The summed E-state index contributed by atoms with van der Waals surface area (Å²) in [5.74, 6) is -0.174. The van der Waals surface area contributed by atoms with Gasteiger partial charge in [0, 0.05) is 17.8 Å². The number of carbonyl (C=O) groups is 1. The molecule has 2 aromatic rings. The van der Waals surface area contributed by atoms with Gasteiger partial charge in [0.2, 0.25) is 0 Å². The number of hydrogen-bond acceptors (Lipinski definition) is 3. The largest absolute Gasteiger partial charge is 0.469 e. The predicted molar refractivity (Wildman–Crippen MR) is 86.0 cm³/mol. The zero-order valence-corrected chi connectivity index (χ0v) is 12.8. The minimum Gasteiger partial charge on any atom is -0.469 e. The number of ether oxygens (including phenoxy) is 1. The van der Waals surface area contributed by atoms with Gasteiger partial charge >= 0.3 is 5.97 Å². The molecule has 0 aromatic heterocycles. The topological polar surface area (TPSA) is 38.3 Å². The highest BCUT2D eigenvalue weighted by Gasteiger charge is 2.02. The molecule has 3 nitrogen and oxygen atoms in total. The zero-order chi connectivity index (χ0) is 15.2. The molecular weight excluding hydrogens is 262 g/mol. The summed E-state index contributed by atoms with van der Waals surface area (Å²) in [7, 11) is 1.42. The lowest BCUT2D eigenvalue weighted by atomic mass is 10.1. The fourth-order valence-corrected chi connectivity index (χ4v) is 2.32. The molecular formula is C18H21NO2. The molecule has 1 N–H and O–H groups in total. The Bertz CT molecular complexity index is 597. The van der Waals surface area contributed by atoms with E-state index in [0.29, 0.717) is 12.8 Å². The summed E-state index contributed by atoms with van der Waals surface area (Å²) in [6.45, 7) is 4.18. The van der Waals surface area contributed by atoms with Gasteiger partial charge in [0.15, 0.2) is 0 Å². The maximum atomic E-state index is 11.1. The number of anilines is 2. The highest BCUT2D eigenvalue weighted by molar-refractivity contribution is 5.69. The van der Waals surface area contributed by atoms with Crippen molar-refractivity contribution in [3.8, 4) is 0 Å². The molecule has 2 rings (SSSR count). The highest BCUT2D eigenvalue weighted by Crippen LogP contribution is 2.20. The molecule has 0 atom stereocenters. The molecule has 0 bridgehead atoms. The van der Waals surface area contributed by atoms with E-state index >= 15 is 0 Å². The molecule has 0 unspecified atom stereocenters. The molecule has 0 aliphatic heterocycles. The lowest BCUT2D eigenvalue weighted by Gasteiger charge is -2.09. The Labute approximate surface area is 126 Å². The van der Waals surface area contributed by atoms with Gasteiger partial charge in [0.25, 0.3) is 0 Å². The van der Waals surface area contributed by atoms with E-state index in [0.717, 1.165) is 16.9 Å². The van der Waals surface area contributed by atoms with E-state index in [1.165, 1.54) is 18.2 Å². The molecule has 0 aliphatic rings. The lowest BCUT2D eigenvalue weighted by Crippen LogP contribution is -2.01. The molecule has 0 spiro atoms. The number of rotatable bonds is 5. The number of esters is 1. The number of methoxy groups -OCH3 is 1. The van der Waals surface area contributed by atoms with E-state index in [4.69, 9.17) is 0 Å². The number of carbonyl (C=O) groups excluding carboxylic acids is 1. The molecule has 21 heavy (non-hydrogen) atoms. The fourth-order valence-electron chi connectivity index (χ4n) is 2.32. The van der Waals surface area contributed by atoms with Gasteiger partial charge in [0.1, 0.15) is 0 Å². The van der Waals surface area contributed by atoms with Gasteiger partial charge in [-0.15, -0.1) is 0 Å². The Hall–Kier alpha value is -2.29. The maximum Gasteiger partial charge on any atom is 0.305 e. The van der Waals surface area contributed by atoms with Gasteiger partial charge in [-0.05, 0) is 61.2 Å². The number of benzene rings is 2. The number of nitrogens with one attached hydrogen (secondary N) is 1. The van der Waals surface area contributed by atoms with Gasteiger partial charge < -0.3 is 10.1 Å². The maximum absolute atomic E-state index is 11.1. The molecule has 0 saturated heterocycles. The van der Waals surface area contributed by atoms with Crippen LogP contribution in [0.2, 0.25) is 0 Å². The quantitative estimate of drug-likeness (QED) is 0.838. The lowest BCUT2D eigenvalue weighted by molar-refractivity contribution is -0.140. The van der Waals surface area contributed by atoms with Gasteiger partial charge in [-0.25, -0.2) is 0 Å². The van der Waals surface area contributed by atoms with Crippen LogP contribution in [0.3, 0.4) is 0 Å². The number of aryl methyl sites for hydroxylation is 3. The SMILES string of the molecule is COC(=O)CCc1ccc(Nc2cc(C)cc(C)c2)cc1. The monoisotopic (exact) mass is 283 g/mol. The van der Waals surface area contributed by atoms with Crippen LogP contribution in [0, 0.1) is 13.8 Å². The average molecular weight is 283 g/mol. The second kappa shape index (κ2) is 6.93. The normalized spacial score (nSPS) is 10.2. The Morgan fingerprint density at radius 2 is 1.62 bits per heavy atom. The van der Waals surface area contributed by atoms with Crippen molar-refractivity contribution < 1.29 is 9.53 Å². The first-order valence-electron chi connectivity index (χ1n) is 7.08. The van der Waals surface area contributed by atoms with Crippen molar-refractivity contribution in [2.45, 2.75) is 26.7 Å². The van der Waals surface area contributed by atoms with Gasteiger partial charge in [-0.2, -0.15) is 0 Å². The van der Waals surface area contributed by atoms with E-state index in [1.807, 2.05) is 24.3 Å². The van der Waals surface area contributed by atoms with Crippen molar-refractivity contribution in [1.82, 2.24) is 0 Å². The molecule has 0 heterocycles. The van der Waals surface area contributed by atoms with E-state index in [1.54, 1.807) is 0 Å². The molecule has 3 heteroatoms. The van der Waals surface area contributed by atoms with Crippen LogP contribution in [-0.2, 0) is 16.0 Å². The second-order valence-corrected chi connectivity index (χ2v) is 5.27. The van der Waals surface area contributed by atoms with Crippen LogP contribution in [-0.4, -0.2) is 13.1 Å². The van der Waals surface area contributed by atoms with Crippen LogP contribution < -0.4 is 5.32 Å². The Morgan fingerprint density at radius 3 is 2.19 bits per heavy atom. The van der Waals surface area contributed by atoms with Gasteiger partial charge in [0.05, 0.1) is 7.11 Å². The summed E-state index contributed by atoms with van der Waals surface area (Å²) in [6, 6.07) is 14.5. The summed E-state index contributed by atoms with van der Waals surface area (Å²) < 4.78 is 4.65. The molecule has 0 radical (unpaired) electrons. The van der Waals surface area contributed by atoms with Crippen molar-refractivity contribution in [1.29, 1.82) is 0 Å². The average Bonchev–Trinajstić information content (AvgIpc) is 2.45. The standard InChI is InChI=1S/C18H21NO2/c1-13-10-14(2)12-17(11-13)19-16-7-4-15(5-8-16)6-9-18(20)21-3/h4-5,7-8,10-12,19H,6,9H2,1-3H3. The van der Waals surface area contributed by atoms with Crippen molar-refractivity contribution in [2.24, 2.45) is 0 Å². The van der Waals surface area contributed by atoms with Crippen LogP contribution in [0.15, 0.2) is 42.5 Å². The molecule has 0 amide bonds. The molecule has 0 fully saturated rings. The summed E-state index contributed by atoms with van der Waals surface area (Å²) in [5, 5.41) is 3.40. The summed E-state index contributed by atoms with van der Waals surface area (Å²) >= 11 is 0. The smallest absolute Gasteiger partial charge is 0.305 e. The highest BCUT2D eigenvalue weighted by atomic mass is 16.5. The summed E-state index contributed by atoms with van der Waals surface area (Å²) in [6.07, 6.45) is 1.12. The van der Waals surface area contributed by atoms with Crippen LogP contribution in [0.4, 0.5) is 11.4 Å². The van der Waals surface area contributed by atoms with Crippen LogP contribution >= 0.6 is 0 Å². The molecule has 0 aliphatic carbocycles. The second-order valence-electron chi connectivity index (χ2n) is 5.27. The summed E-state index contributed by atoms with van der Waals surface area (Å²) in [5.41, 5.74) is 5.75. The Kier molecular flexibility index (Phi) is 4.99. The minimum atomic E-state index is -0.174.